The van der Waals surface area contributed by atoms with Gasteiger partial charge < -0.3 is 14.6 Å². The summed E-state index contributed by atoms with van der Waals surface area (Å²) < 4.78 is 9.70. The maximum atomic E-state index is 10.9. The summed E-state index contributed by atoms with van der Waals surface area (Å²) in [5.41, 5.74) is -0.189. The van der Waals surface area contributed by atoms with Gasteiger partial charge in [-0.15, -0.1) is 0 Å². The molecule has 0 spiro atoms. The Morgan fingerprint density at radius 2 is 2.06 bits per heavy atom. The van der Waals surface area contributed by atoms with Crippen LogP contribution in [0.3, 0.4) is 0 Å². The number of ether oxygens (including phenoxy) is 2. The lowest BCUT2D eigenvalue weighted by molar-refractivity contribution is -0.132. The zero-order valence-corrected chi connectivity index (χ0v) is 9.18. The second-order valence-corrected chi connectivity index (χ2v) is 3.07. The van der Waals surface area contributed by atoms with Gasteiger partial charge in [-0.25, -0.2) is 4.79 Å². The molecule has 0 radical (unpaired) electrons. The van der Waals surface area contributed by atoms with Gasteiger partial charge >= 0.3 is 11.9 Å². The second-order valence-electron chi connectivity index (χ2n) is 3.07. The number of aromatic carboxylic acids is 1. The minimum atomic E-state index is -1.20. The minimum Gasteiger partial charge on any atom is -0.493 e. The first-order valence-corrected chi connectivity index (χ1v) is 4.53. The van der Waals surface area contributed by atoms with Crippen LogP contribution in [0.2, 0.25) is 0 Å². The molecule has 17 heavy (non-hydrogen) atoms. The summed E-state index contributed by atoms with van der Waals surface area (Å²) in [5.74, 6) is -1.87. The Balaban J connectivity index is 3.42. The molecule has 0 aromatic heterocycles. The molecule has 0 atom stereocenters. The van der Waals surface area contributed by atoms with Crippen molar-refractivity contribution in [3.05, 3.63) is 23.3 Å². The summed E-state index contributed by atoms with van der Waals surface area (Å²) >= 11 is 0. The first-order chi connectivity index (χ1) is 7.99. The van der Waals surface area contributed by atoms with Gasteiger partial charge in [0.15, 0.2) is 11.5 Å². The van der Waals surface area contributed by atoms with E-state index in [-0.39, 0.29) is 22.6 Å². The van der Waals surface area contributed by atoms with Crippen LogP contribution in [-0.2, 0) is 4.79 Å². The van der Waals surface area contributed by atoms with Crippen molar-refractivity contribution in [1.82, 2.24) is 0 Å². The number of esters is 1. The number of hydrogen-bond donors (Lipinski definition) is 1. The van der Waals surface area contributed by atoms with Crippen molar-refractivity contribution < 1.29 is 24.2 Å². The van der Waals surface area contributed by atoms with E-state index >= 15 is 0 Å². The van der Waals surface area contributed by atoms with Crippen molar-refractivity contribution >= 4 is 11.9 Å². The third-order valence-corrected chi connectivity index (χ3v) is 1.89. The SMILES string of the molecule is COc1cc(C(=O)O)cc(C#N)c1OC(C)=O. The van der Waals surface area contributed by atoms with E-state index < -0.39 is 11.9 Å². The fourth-order valence-corrected chi connectivity index (χ4v) is 1.21. The minimum absolute atomic E-state index is 0.0247. The number of carbonyl (C=O) groups is 2. The predicted molar refractivity (Wildman–Crippen MR) is 56.0 cm³/mol. The molecule has 88 valence electrons. The Morgan fingerprint density at radius 1 is 1.41 bits per heavy atom. The highest BCUT2D eigenvalue weighted by Crippen LogP contribution is 2.32. The number of hydrogen-bond acceptors (Lipinski definition) is 5. The predicted octanol–water partition coefficient (Wildman–Crippen LogP) is 1.19. The molecule has 1 aromatic rings. The van der Waals surface area contributed by atoms with Crippen LogP contribution in [0, 0.1) is 11.3 Å². The number of carbonyl (C=O) groups excluding carboxylic acids is 1. The summed E-state index contributed by atoms with van der Waals surface area (Å²) in [6, 6.07) is 4.05. The Morgan fingerprint density at radius 3 is 2.47 bits per heavy atom. The fraction of sp³-hybridized carbons (Fsp3) is 0.182. The third-order valence-electron chi connectivity index (χ3n) is 1.89. The van der Waals surface area contributed by atoms with E-state index in [4.69, 9.17) is 19.8 Å². The first-order valence-electron chi connectivity index (χ1n) is 4.53. The van der Waals surface area contributed by atoms with Crippen LogP contribution in [0.25, 0.3) is 0 Å². The van der Waals surface area contributed by atoms with Gasteiger partial charge in [0.05, 0.1) is 18.2 Å². The lowest BCUT2D eigenvalue weighted by Gasteiger charge is -2.10. The van der Waals surface area contributed by atoms with Gasteiger partial charge in [-0.1, -0.05) is 0 Å². The average molecular weight is 235 g/mol. The Hall–Kier alpha value is -2.55. The van der Waals surface area contributed by atoms with Crippen LogP contribution >= 0.6 is 0 Å². The molecule has 0 saturated carbocycles. The van der Waals surface area contributed by atoms with Crippen LogP contribution in [0.5, 0.6) is 11.5 Å². The quantitative estimate of drug-likeness (QED) is 0.624. The van der Waals surface area contributed by atoms with E-state index in [2.05, 4.69) is 0 Å². The largest absolute Gasteiger partial charge is 0.493 e. The Kier molecular flexibility index (Phi) is 3.67. The maximum absolute atomic E-state index is 10.9. The molecule has 6 heteroatoms. The van der Waals surface area contributed by atoms with Gasteiger partial charge in [-0.05, 0) is 12.1 Å². The molecule has 1 rings (SSSR count). The molecular weight excluding hydrogens is 226 g/mol. The molecule has 0 heterocycles. The van der Waals surface area contributed by atoms with Crippen molar-refractivity contribution in [3.63, 3.8) is 0 Å². The molecule has 0 aliphatic heterocycles. The Labute approximate surface area is 97.0 Å². The summed E-state index contributed by atoms with van der Waals surface area (Å²) in [5, 5.41) is 17.7. The zero-order valence-electron chi connectivity index (χ0n) is 9.18. The van der Waals surface area contributed by atoms with Crippen molar-refractivity contribution in [3.8, 4) is 17.6 Å². The van der Waals surface area contributed by atoms with E-state index in [1.807, 2.05) is 0 Å². The molecule has 0 bridgehead atoms. The van der Waals surface area contributed by atoms with Gasteiger partial charge in [-0.3, -0.25) is 4.79 Å². The van der Waals surface area contributed by atoms with Gasteiger partial charge in [-0.2, -0.15) is 5.26 Å². The van der Waals surface area contributed by atoms with Crippen LogP contribution in [0.15, 0.2) is 12.1 Å². The molecular formula is C11H9NO5. The highest BCUT2D eigenvalue weighted by atomic mass is 16.6. The van der Waals surface area contributed by atoms with E-state index in [1.165, 1.54) is 20.1 Å². The van der Waals surface area contributed by atoms with Crippen LogP contribution < -0.4 is 9.47 Å². The monoisotopic (exact) mass is 235 g/mol. The van der Waals surface area contributed by atoms with Gasteiger partial charge in [0.25, 0.3) is 0 Å². The van der Waals surface area contributed by atoms with Crippen LogP contribution in [0.4, 0.5) is 0 Å². The highest BCUT2D eigenvalue weighted by Gasteiger charge is 2.17. The molecule has 0 amide bonds. The lowest BCUT2D eigenvalue weighted by atomic mass is 10.1. The number of nitrogens with zero attached hydrogens (tertiary/aromatic N) is 1. The average Bonchev–Trinajstić information content (AvgIpc) is 2.28. The van der Waals surface area contributed by atoms with Crippen molar-refractivity contribution in [2.75, 3.05) is 7.11 Å². The van der Waals surface area contributed by atoms with Gasteiger partial charge in [0.1, 0.15) is 6.07 Å². The van der Waals surface area contributed by atoms with Crippen molar-refractivity contribution in [2.24, 2.45) is 0 Å². The number of nitriles is 1. The molecule has 6 nitrogen and oxygen atoms in total. The Bertz CT molecular complexity index is 515. The molecule has 0 aliphatic carbocycles. The van der Waals surface area contributed by atoms with E-state index in [0.717, 1.165) is 6.07 Å². The molecule has 0 aliphatic rings. The molecule has 0 saturated heterocycles. The van der Waals surface area contributed by atoms with E-state index in [1.54, 1.807) is 6.07 Å². The lowest BCUT2D eigenvalue weighted by Crippen LogP contribution is -2.07. The number of rotatable bonds is 3. The summed E-state index contributed by atoms with van der Waals surface area (Å²) in [6.07, 6.45) is 0. The van der Waals surface area contributed by atoms with Gasteiger partial charge in [0.2, 0.25) is 0 Å². The summed E-state index contributed by atoms with van der Waals surface area (Å²) in [7, 11) is 1.29. The molecule has 0 unspecified atom stereocenters. The van der Waals surface area contributed by atoms with Crippen LogP contribution in [0.1, 0.15) is 22.8 Å². The second kappa shape index (κ2) is 4.99. The van der Waals surface area contributed by atoms with Crippen molar-refractivity contribution in [2.45, 2.75) is 6.92 Å². The highest BCUT2D eigenvalue weighted by molar-refractivity contribution is 5.89. The molecule has 0 fully saturated rings. The summed E-state index contributed by atoms with van der Waals surface area (Å²) in [4.78, 5) is 21.7. The summed E-state index contributed by atoms with van der Waals surface area (Å²) in [6.45, 7) is 1.17. The van der Waals surface area contributed by atoms with Crippen LogP contribution in [-0.4, -0.2) is 24.2 Å². The fourth-order valence-electron chi connectivity index (χ4n) is 1.21. The third kappa shape index (κ3) is 2.72. The maximum Gasteiger partial charge on any atom is 0.335 e. The smallest absolute Gasteiger partial charge is 0.335 e. The van der Waals surface area contributed by atoms with Gasteiger partial charge in [0, 0.05) is 6.92 Å². The van der Waals surface area contributed by atoms with E-state index in [9.17, 15) is 9.59 Å². The normalized spacial score (nSPS) is 9.24. The molecule has 1 aromatic carbocycles. The topological polar surface area (TPSA) is 96.6 Å². The van der Waals surface area contributed by atoms with E-state index in [0.29, 0.717) is 0 Å². The van der Waals surface area contributed by atoms with Crippen molar-refractivity contribution in [1.29, 1.82) is 5.26 Å². The standard InChI is InChI=1S/C11H9NO5/c1-6(13)17-10-8(5-12)3-7(11(14)15)4-9(10)16-2/h3-4H,1-2H3,(H,14,15). The first kappa shape index (κ1) is 12.5. The number of carboxylic acid groups (broad SMARTS) is 1. The number of benzene rings is 1. The number of carboxylic acids is 1. The molecule has 1 N–H and O–H groups in total. The number of methoxy groups -OCH3 is 1. The zero-order chi connectivity index (χ0) is 13.0.